The minimum Gasteiger partial charge on any atom is -0.336 e. The summed E-state index contributed by atoms with van der Waals surface area (Å²) in [7, 11) is 0. The largest absolute Gasteiger partial charge is 0.336 e. The molecule has 2 fully saturated rings. The van der Waals surface area contributed by atoms with Crippen molar-refractivity contribution in [3.05, 3.63) is 22.5 Å². The monoisotopic (exact) mass is 263 g/mol. The van der Waals surface area contributed by atoms with Crippen LogP contribution in [0.15, 0.2) is 12.4 Å². The quantitative estimate of drug-likeness (QED) is 0.649. The van der Waals surface area contributed by atoms with Gasteiger partial charge in [0.05, 0.1) is 4.92 Å². The highest BCUT2D eigenvalue weighted by Gasteiger charge is 2.34. The zero-order valence-corrected chi connectivity index (χ0v) is 10.7. The number of nitrogens with zero attached hydrogens (tertiary/aromatic N) is 4. The number of aromatic nitrogens is 2. The van der Waals surface area contributed by atoms with Crippen molar-refractivity contribution in [3.8, 4) is 0 Å². The second kappa shape index (κ2) is 5.08. The molecule has 2 aliphatic heterocycles. The van der Waals surface area contributed by atoms with Crippen LogP contribution in [0.3, 0.4) is 0 Å². The van der Waals surface area contributed by atoms with E-state index in [0.717, 1.165) is 25.9 Å². The molecule has 7 heteroatoms. The fraction of sp³-hybridized carbons (Fsp3) is 0.667. The lowest BCUT2D eigenvalue weighted by molar-refractivity contribution is -0.385. The van der Waals surface area contributed by atoms with E-state index in [9.17, 15) is 10.1 Å². The van der Waals surface area contributed by atoms with Gasteiger partial charge in [-0.05, 0) is 32.2 Å². The van der Waals surface area contributed by atoms with Gasteiger partial charge in [-0.2, -0.15) is 0 Å². The van der Waals surface area contributed by atoms with Crippen molar-refractivity contribution in [1.82, 2.24) is 15.3 Å². The number of hydrogen-bond acceptors (Lipinski definition) is 6. The molecule has 0 amide bonds. The van der Waals surface area contributed by atoms with E-state index >= 15 is 0 Å². The van der Waals surface area contributed by atoms with Gasteiger partial charge in [-0.15, -0.1) is 0 Å². The molecule has 0 spiro atoms. The molecule has 1 N–H and O–H groups in total. The molecule has 1 aromatic rings. The van der Waals surface area contributed by atoms with Gasteiger partial charge in [-0.25, -0.2) is 9.97 Å². The molecule has 0 saturated carbocycles. The van der Waals surface area contributed by atoms with Gasteiger partial charge in [-0.3, -0.25) is 10.1 Å². The van der Waals surface area contributed by atoms with E-state index in [1.165, 1.54) is 25.2 Å². The summed E-state index contributed by atoms with van der Waals surface area (Å²) in [4.78, 5) is 20.6. The molecule has 0 aliphatic carbocycles. The van der Waals surface area contributed by atoms with Crippen molar-refractivity contribution in [2.45, 2.75) is 37.8 Å². The van der Waals surface area contributed by atoms with Gasteiger partial charge in [0.25, 0.3) is 0 Å². The maximum absolute atomic E-state index is 10.6. The summed E-state index contributed by atoms with van der Waals surface area (Å²) in [5.41, 5.74) is -0.0570. The van der Waals surface area contributed by atoms with Crippen molar-refractivity contribution in [2.24, 2.45) is 0 Å². The summed E-state index contributed by atoms with van der Waals surface area (Å²) >= 11 is 0. The van der Waals surface area contributed by atoms with E-state index in [0.29, 0.717) is 18.0 Å². The predicted octanol–water partition coefficient (Wildman–Crippen LogP) is 1.11. The van der Waals surface area contributed by atoms with Crippen molar-refractivity contribution < 1.29 is 4.92 Å². The van der Waals surface area contributed by atoms with Crippen LogP contribution < -0.4 is 10.2 Å². The fourth-order valence-electron chi connectivity index (χ4n) is 3.06. The smallest absolute Gasteiger partial charge is 0.305 e. The normalized spacial score (nSPS) is 26.8. The van der Waals surface area contributed by atoms with Crippen LogP contribution in [0.5, 0.6) is 0 Å². The Hall–Kier alpha value is -1.76. The lowest BCUT2D eigenvalue weighted by Crippen LogP contribution is -2.44. The van der Waals surface area contributed by atoms with E-state index in [4.69, 9.17) is 0 Å². The van der Waals surface area contributed by atoms with Gasteiger partial charge in [-0.1, -0.05) is 0 Å². The van der Waals surface area contributed by atoms with Crippen molar-refractivity contribution in [1.29, 1.82) is 0 Å². The highest BCUT2D eigenvalue weighted by molar-refractivity contribution is 5.37. The van der Waals surface area contributed by atoms with E-state index in [-0.39, 0.29) is 5.69 Å². The van der Waals surface area contributed by atoms with Crippen LogP contribution in [0.1, 0.15) is 25.7 Å². The Morgan fingerprint density at radius 2 is 2.11 bits per heavy atom. The third kappa shape index (κ3) is 2.37. The molecule has 1 aromatic heterocycles. The molecule has 19 heavy (non-hydrogen) atoms. The van der Waals surface area contributed by atoms with Gasteiger partial charge in [0.2, 0.25) is 5.95 Å². The maximum atomic E-state index is 10.6. The minimum absolute atomic E-state index is 0.0570. The second-order valence-corrected chi connectivity index (χ2v) is 5.10. The SMILES string of the molecule is O=[N+]([O-])c1cnc(N2CCCC2C2CCCN2)nc1. The van der Waals surface area contributed by atoms with Gasteiger partial charge in [0.1, 0.15) is 12.4 Å². The summed E-state index contributed by atoms with van der Waals surface area (Å²) in [5, 5.41) is 14.1. The second-order valence-electron chi connectivity index (χ2n) is 5.10. The van der Waals surface area contributed by atoms with Crippen LogP contribution in [0.25, 0.3) is 0 Å². The molecule has 0 aromatic carbocycles. The maximum Gasteiger partial charge on any atom is 0.305 e. The molecule has 2 atom stereocenters. The Balaban J connectivity index is 1.78. The third-order valence-electron chi connectivity index (χ3n) is 3.95. The molecular weight excluding hydrogens is 246 g/mol. The predicted molar refractivity (Wildman–Crippen MR) is 70.1 cm³/mol. The molecule has 7 nitrogen and oxygen atoms in total. The van der Waals surface area contributed by atoms with Gasteiger partial charge >= 0.3 is 5.69 Å². The van der Waals surface area contributed by atoms with E-state index in [1.54, 1.807) is 0 Å². The van der Waals surface area contributed by atoms with Crippen LogP contribution in [0.4, 0.5) is 11.6 Å². The highest BCUT2D eigenvalue weighted by atomic mass is 16.6. The topological polar surface area (TPSA) is 84.2 Å². The summed E-state index contributed by atoms with van der Waals surface area (Å²) in [5.74, 6) is 0.613. The van der Waals surface area contributed by atoms with Crippen LogP contribution >= 0.6 is 0 Å². The Bertz CT molecular complexity index is 458. The van der Waals surface area contributed by atoms with Gasteiger partial charge in [0, 0.05) is 18.6 Å². The number of nitrogens with one attached hydrogen (secondary N) is 1. The molecule has 3 rings (SSSR count). The van der Waals surface area contributed by atoms with E-state index in [2.05, 4.69) is 20.2 Å². The number of hydrogen-bond donors (Lipinski definition) is 1. The molecular formula is C12H17N5O2. The Morgan fingerprint density at radius 1 is 1.32 bits per heavy atom. The van der Waals surface area contributed by atoms with E-state index < -0.39 is 4.92 Å². The molecule has 2 unspecified atom stereocenters. The van der Waals surface area contributed by atoms with Crippen molar-refractivity contribution >= 4 is 11.6 Å². The van der Waals surface area contributed by atoms with E-state index in [1.807, 2.05) is 0 Å². The molecule has 2 saturated heterocycles. The highest BCUT2D eigenvalue weighted by Crippen LogP contribution is 2.28. The number of nitro groups is 1. The lowest BCUT2D eigenvalue weighted by Gasteiger charge is -2.29. The average molecular weight is 263 g/mol. The zero-order valence-electron chi connectivity index (χ0n) is 10.7. The Morgan fingerprint density at radius 3 is 2.74 bits per heavy atom. The standard InChI is InChI=1S/C12H17N5O2/c18-17(19)9-7-14-12(15-8-9)16-6-2-4-11(16)10-3-1-5-13-10/h7-8,10-11,13H,1-6H2. The first kappa shape index (κ1) is 12.3. The van der Waals surface area contributed by atoms with Crippen LogP contribution in [0, 0.1) is 10.1 Å². The summed E-state index contributed by atoms with van der Waals surface area (Å²) < 4.78 is 0. The van der Waals surface area contributed by atoms with Crippen LogP contribution in [-0.4, -0.2) is 40.1 Å². The molecule has 0 radical (unpaired) electrons. The minimum atomic E-state index is -0.468. The zero-order chi connectivity index (χ0) is 13.2. The summed E-state index contributed by atoms with van der Waals surface area (Å²) in [6.45, 7) is 2.01. The summed E-state index contributed by atoms with van der Waals surface area (Å²) in [6, 6.07) is 0.922. The van der Waals surface area contributed by atoms with Gasteiger partial charge in [0.15, 0.2) is 0 Å². The fourth-order valence-corrected chi connectivity index (χ4v) is 3.06. The van der Waals surface area contributed by atoms with Crippen LogP contribution in [0.2, 0.25) is 0 Å². The lowest BCUT2D eigenvalue weighted by atomic mass is 10.0. The first-order valence-electron chi connectivity index (χ1n) is 6.72. The summed E-state index contributed by atoms with van der Waals surface area (Å²) in [6.07, 6.45) is 7.26. The van der Waals surface area contributed by atoms with Crippen molar-refractivity contribution in [3.63, 3.8) is 0 Å². The van der Waals surface area contributed by atoms with Gasteiger partial charge < -0.3 is 10.2 Å². The molecule has 2 aliphatic rings. The van der Waals surface area contributed by atoms with Crippen LogP contribution in [-0.2, 0) is 0 Å². The first-order chi connectivity index (χ1) is 9.25. The number of rotatable bonds is 3. The molecule has 102 valence electrons. The molecule has 0 bridgehead atoms. The Labute approximate surface area is 111 Å². The molecule has 3 heterocycles. The first-order valence-corrected chi connectivity index (χ1v) is 6.72. The van der Waals surface area contributed by atoms with Crippen molar-refractivity contribution in [2.75, 3.05) is 18.0 Å². The Kier molecular flexibility index (Phi) is 3.29. The third-order valence-corrected chi connectivity index (χ3v) is 3.95. The average Bonchev–Trinajstić information content (AvgIpc) is 3.09. The number of anilines is 1.